The molecular formula is C9H17NO3. The zero-order valence-corrected chi connectivity index (χ0v) is 7.92. The molecular weight excluding hydrogens is 170 g/mol. The van der Waals surface area contributed by atoms with Crippen molar-refractivity contribution in [3.05, 3.63) is 0 Å². The minimum Gasteiger partial charge on any atom is -0.481 e. The molecule has 1 atom stereocenters. The van der Waals surface area contributed by atoms with Gasteiger partial charge in [-0.15, -0.1) is 0 Å². The van der Waals surface area contributed by atoms with E-state index in [1.165, 1.54) is 6.42 Å². The molecule has 76 valence electrons. The van der Waals surface area contributed by atoms with E-state index in [2.05, 4.69) is 12.2 Å². The zero-order valence-electron chi connectivity index (χ0n) is 7.92. The van der Waals surface area contributed by atoms with Gasteiger partial charge in [0.1, 0.15) is 0 Å². The van der Waals surface area contributed by atoms with E-state index in [1.54, 1.807) is 0 Å². The van der Waals surface area contributed by atoms with Crippen LogP contribution in [-0.2, 0) is 4.79 Å². The first kappa shape index (κ1) is 10.5. The van der Waals surface area contributed by atoms with Crippen LogP contribution in [0.4, 0.5) is 0 Å². The van der Waals surface area contributed by atoms with Gasteiger partial charge < -0.3 is 15.5 Å². The first-order chi connectivity index (χ1) is 6.02. The second-order valence-electron chi connectivity index (χ2n) is 4.05. The molecule has 0 amide bonds. The van der Waals surface area contributed by atoms with Crippen LogP contribution in [0.5, 0.6) is 0 Å². The summed E-state index contributed by atoms with van der Waals surface area (Å²) in [6.45, 7) is 2.48. The number of hydrogen-bond acceptors (Lipinski definition) is 3. The summed E-state index contributed by atoms with van der Waals surface area (Å²) >= 11 is 0. The summed E-state index contributed by atoms with van der Waals surface area (Å²) in [5, 5.41) is 20.8. The number of carboxylic acid groups (broad SMARTS) is 1. The number of hydrogen-bond donors (Lipinski definition) is 3. The number of nitrogens with one attached hydrogen (secondary N) is 1. The zero-order chi connectivity index (χ0) is 9.90. The van der Waals surface area contributed by atoms with E-state index in [0.717, 1.165) is 12.8 Å². The summed E-state index contributed by atoms with van der Waals surface area (Å²) in [4.78, 5) is 10.2. The van der Waals surface area contributed by atoms with E-state index < -0.39 is 12.1 Å². The Labute approximate surface area is 78.0 Å². The standard InChI is InChI=1S/C9H17NO3/c1-9(3-2-4-9)10-6-7(11)5-8(12)13/h7,10-11H,2-6H2,1H3,(H,12,13). The number of carbonyl (C=O) groups is 1. The maximum absolute atomic E-state index is 10.2. The number of aliphatic carboxylic acids is 1. The molecule has 0 saturated heterocycles. The average Bonchev–Trinajstić information content (AvgIpc) is 1.96. The first-order valence-corrected chi connectivity index (χ1v) is 4.67. The topological polar surface area (TPSA) is 69.6 Å². The maximum atomic E-state index is 10.2. The number of rotatable bonds is 5. The molecule has 1 rings (SSSR count). The third-order valence-electron chi connectivity index (χ3n) is 2.63. The van der Waals surface area contributed by atoms with Crippen molar-refractivity contribution in [2.45, 2.75) is 44.2 Å². The lowest BCUT2D eigenvalue weighted by molar-refractivity contribution is -0.139. The largest absolute Gasteiger partial charge is 0.481 e. The molecule has 0 aliphatic heterocycles. The van der Waals surface area contributed by atoms with Crippen LogP contribution < -0.4 is 5.32 Å². The monoisotopic (exact) mass is 187 g/mol. The van der Waals surface area contributed by atoms with Gasteiger partial charge in [0.2, 0.25) is 0 Å². The van der Waals surface area contributed by atoms with Crippen LogP contribution in [0.1, 0.15) is 32.6 Å². The molecule has 13 heavy (non-hydrogen) atoms. The van der Waals surface area contributed by atoms with Gasteiger partial charge in [-0.05, 0) is 26.2 Å². The van der Waals surface area contributed by atoms with E-state index in [9.17, 15) is 9.90 Å². The van der Waals surface area contributed by atoms with Crippen LogP contribution >= 0.6 is 0 Å². The number of aliphatic hydroxyl groups excluding tert-OH is 1. The van der Waals surface area contributed by atoms with Gasteiger partial charge in [0.15, 0.2) is 0 Å². The van der Waals surface area contributed by atoms with Crippen molar-refractivity contribution in [3.63, 3.8) is 0 Å². The second kappa shape index (κ2) is 4.07. The molecule has 1 fully saturated rings. The van der Waals surface area contributed by atoms with Crippen LogP contribution in [0.3, 0.4) is 0 Å². The molecule has 0 aromatic heterocycles. The van der Waals surface area contributed by atoms with Crippen LogP contribution in [0.15, 0.2) is 0 Å². The Hall–Kier alpha value is -0.610. The van der Waals surface area contributed by atoms with Crippen molar-refractivity contribution in [2.24, 2.45) is 0 Å². The summed E-state index contributed by atoms with van der Waals surface area (Å²) < 4.78 is 0. The van der Waals surface area contributed by atoms with Crippen LogP contribution in [0, 0.1) is 0 Å². The Kier molecular flexibility index (Phi) is 3.27. The molecule has 3 N–H and O–H groups in total. The second-order valence-corrected chi connectivity index (χ2v) is 4.05. The van der Waals surface area contributed by atoms with Gasteiger partial charge in [-0.2, -0.15) is 0 Å². The molecule has 0 radical (unpaired) electrons. The van der Waals surface area contributed by atoms with Crippen LogP contribution in [-0.4, -0.2) is 34.4 Å². The normalized spacial score (nSPS) is 22.0. The predicted octanol–water partition coefficient (Wildman–Crippen LogP) is 0.354. The van der Waals surface area contributed by atoms with Crippen molar-refractivity contribution >= 4 is 5.97 Å². The highest BCUT2D eigenvalue weighted by Gasteiger charge is 2.31. The minimum absolute atomic E-state index is 0.138. The summed E-state index contributed by atoms with van der Waals surface area (Å²) in [6.07, 6.45) is 2.51. The van der Waals surface area contributed by atoms with Crippen molar-refractivity contribution in [1.82, 2.24) is 5.32 Å². The Bertz CT molecular complexity index is 189. The fourth-order valence-electron chi connectivity index (χ4n) is 1.52. The predicted molar refractivity (Wildman–Crippen MR) is 48.5 cm³/mol. The SMILES string of the molecule is CC1(NCC(O)CC(=O)O)CCC1. The molecule has 0 spiro atoms. The molecule has 4 heteroatoms. The molecule has 0 bridgehead atoms. The van der Waals surface area contributed by atoms with E-state index in [1.807, 2.05) is 0 Å². The number of carboxylic acids is 1. The van der Waals surface area contributed by atoms with E-state index in [0.29, 0.717) is 6.54 Å². The molecule has 1 aliphatic carbocycles. The third kappa shape index (κ3) is 3.32. The number of aliphatic hydroxyl groups is 1. The van der Waals surface area contributed by atoms with Gasteiger partial charge in [0, 0.05) is 12.1 Å². The van der Waals surface area contributed by atoms with E-state index >= 15 is 0 Å². The van der Waals surface area contributed by atoms with Gasteiger partial charge in [0.05, 0.1) is 12.5 Å². The Morgan fingerprint density at radius 3 is 2.62 bits per heavy atom. The smallest absolute Gasteiger partial charge is 0.306 e. The van der Waals surface area contributed by atoms with Gasteiger partial charge in [-0.1, -0.05) is 0 Å². The first-order valence-electron chi connectivity index (χ1n) is 4.67. The van der Waals surface area contributed by atoms with Crippen molar-refractivity contribution in [3.8, 4) is 0 Å². The Morgan fingerprint density at radius 2 is 2.23 bits per heavy atom. The van der Waals surface area contributed by atoms with Crippen LogP contribution in [0.2, 0.25) is 0 Å². The number of β-amino-alcohol motifs (C(OH)–C–C–N with tert-alkyl or cyclic N) is 1. The van der Waals surface area contributed by atoms with Gasteiger partial charge in [-0.3, -0.25) is 4.79 Å². The molecule has 4 nitrogen and oxygen atoms in total. The lowest BCUT2D eigenvalue weighted by Gasteiger charge is -2.40. The highest BCUT2D eigenvalue weighted by Crippen LogP contribution is 2.30. The summed E-state index contributed by atoms with van der Waals surface area (Å²) in [6, 6.07) is 0. The highest BCUT2D eigenvalue weighted by atomic mass is 16.4. The van der Waals surface area contributed by atoms with E-state index in [4.69, 9.17) is 5.11 Å². The minimum atomic E-state index is -0.951. The Balaban J connectivity index is 2.14. The fraction of sp³-hybridized carbons (Fsp3) is 0.889. The lowest BCUT2D eigenvalue weighted by atomic mass is 9.78. The Morgan fingerprint density at radius 1 is 1.62 bits per heavy atom. The summed E-state index contributed by atoms with van der Waals surface area (Å²) in [5.41, 5.74) is 0.138. The maximum Gasteiger partial charge on any atom is 0.306 e. The van der Waals surface area contributed by atoms with Crippen LogP contribution in [0.25, 0.3) is 0 Å². The van der Waals surface area contributed by atoms with Gasteiger partial charge in [0.25, 0.3) is 0 Å². The quantitative estimate of drug-likeness (QED) is 0.581. The summed E-state index contributed by atoms with van der Waals surface area (Å²) in [5.74, 6) is -0.951. The van der Waals surface area contributed by atoms with Gasteiger partial charge >= 0.3 is 5.97 Å². The molecule has 0 heterocycles. The molecule has 1 aliphatic rings. The average molecular weight is 187 g/mol. The molecule has 0 aromatic rings. The lowest BCUT2D eigenvalue weighted by Crippen LogP contribution is -2.50. The molecule has 0 aromatic carbocycles. The molecule has 1 unspecified atom stereocenters. The van der Waals surface area contributed by atoms with Crippen molar-refractivity contribution in [1.29, 1.82) is 0 Å². The van der Waals surface area contributed by atoms with Crippen molar-refractivity contribution < 1.29 is 15.0 Å². The fourth-order valence-corrected chi connectivity index (χ4v) is 1.52. The van der Waals surface area contributed by atoms with Crippen molar-refractivity contribution in [2.75, 3.05) is 6.54 Å². The molecule has 1 saturated carbocycles. The highest BCUT2D eigenvalue weighted by molar-refractivity contribution is 5.67. The summed E-state index contributed by atoms with van der Waals surface area (Å²) in [7, 11) is 0. The third-order valence-corrected chi connectivity index (χ3v) is 2.63. The van der Waals surface area contributed by atoms with E-state index in [-0.39, 0.29) is 12.0 Å². The van der Waals surface area contributed by atoms with Gasteiger partial charge in [-0.25, -0.2) is 0 Å².